The van der Waals surface area contributed by atoms with E-state index >= 15 is 0 Å². The molecule has 0 spiro atoms. The Morgan fingerprint density at radius 2 is 2.19 bits per heavy atom. The summed E-state index contributed by atoms with van der Waals surface area (Å²) in [5.41, 5.74) is 2.23. The predicted octanol–water partition coefficient (Wildman–Crippen LogP) is 2.53. The van der Waals surface area contributed by atoms with Crippen molar-refractivity contribution in [1.29, 1.82) is 0 Å². The topological polar surface area (TPSA) is 78.5 Å². The van der Waals surface area contributed by atoms with Crippen LogP contribution in [-0.4, -0.2) is 51.2 Å². The minimum Gasteiger partial charge on any atom is -0.490 e. The van der Waals surface area contributed by atoms with Gasteiger partial charge in [0.1, 0.15) is 18.0 Å². The number of fused-ring (bicyclic) bond motifs is 1. The van der Waals surface area contributed by atoms with E-state index in [-0.39, 0.29) is 19.1 Å². The molecule has 1 saturated heterocycles. The highest BCUT2D eigenvalue weighted by molar-refractivity contribution is 5.97. The molecule has 134 valence electrons. The molecule has 1 atom stereocenters. The number of carbonyl (C=O) groups is 1. The van der Waals surface area contributed by atoms with E-state index in [9.17, 15) is 9.90 Å². The summed E-state index contributed by atoms with van der Waals surface area (Å²) in [5.74, 6) is 0.670. The SMILES string of the molecule is Cc1ccccc1OCC1(O)CCN(C(=O)c2ccc3nc[nH]c3c2)C1. The summed E-state index contributed by atoms with van der Waals surface area (Å²) in [6, 6.07) is 13.1. The third-order valence-corrected chi connectivity index (χ3v) is 4.88. The standard InChI is InChI=1S/C20H21N3O3/c1-14-4-2-3-5-18(14)26-12-20(25)8-9-23(11-20)19(24)15-6-7-16-17(10-15)22-13-21-16/h2-7,10,13,25H,8-9,11-12H2,1H3,(H,21,22). The first kappa shape index (κ1) is 16.6. The number of para-hydroxylation sites is 1. The molecule has 0 radical (unpaired) electrons. The van der Waals surface area contributed by atoms with Gasteiger partial charge in [0.2, 0.25) is 0 Å². The molecule has 3 aromatic rings. The summed E-state index contributed by atoms with van der Waals surface area (Å²) in [6.07, 6.45) is 2.10. The van der Waals surface area contributed by atoms with Gasteiger partial charge in [0.15, 0.2) is 0 Å². The zero-order valence-electron chi connectivity index (χ0n) is 14.6. The molecule has 1 aliphatic heterocycles. The monoisotopic (exact) mass is 351 g/mol. The number of nitrogens with zero attached hydrogens (tertiary/aromatic N) is 2. The van der Waals surface area contributed by atoms with Crippen LogP contribution in [0, 0.1) is 6.92 Å². The van der Waals surface area contributed by atoms with Crippen molar-refractivity contribution in [2.75, 3.05) is 19.7 Å². The fourth-order valence-corrected chi connectivity index (χ4v) is 3.33. The lowest BCUT2D eigenvalue weighted by molar-refractivity contribution is 0.00413. The maximum Gasteiger partial charge on any atom is 0.254 e. The first-order valence-corrected chi connectivity index (χ1v) is 8.67. The van der Waals surface area contributed by atoms with Crippen LogP contribution in [0.25, 0.3) is 11.0 Å². The van der Waals surface area contributed by atoms with Crippen molar-refractivity contribution in [3.8, 4) is 5.75 Å². The maximum absolute atomic E-state index is 12.8. The molecule has 1 aromatic heterocycles. The molecule has 0 aliphatic carbocycles. The molecule has 2 N–H and O–H groups in total. The highest BCUT2D eigenvalue weighted by Crippen LogP contribution is 2.26. The van der Waals surface area contributed by atoms with Crippen LogP contribution in [0.1, 0.15) is 22.3 Å². The van der Waals surface area contributed by atoms with Crippen molar-refractivity contribution < 1.29 is 14.6 Å². The zero-order chi connectivity index (χ0) is 18.1. The fourth-order valence-electron chi connectivity index (χ4n) is 3.33. The predicted molar refractivity (Wildman–Crippen MR) is 98.2 cm³/mol. The second-order valence-electron chi connectivity index (χ2n) is 6.89. The highest BCUT2D eigenvalue weighted by atomic mass is 16.5. The van der Waals surface area contributed by atoms with Gasteiger partial charge in [-0.3, -0.25) is 4.79 Å². The summed E-state index contributed by atoms with van der Waals surface area (Å²) in [6.45, 7) is 2.91. The van der Waals surface area contributed by atoms with Crippen molar-refractivity contribution in [2.45, 2.75) is 18.9 Å². The molecular formula is C20H21N3O3. The average Bonchev–Trinajstić information content (AvgIpc) is 3.27. The summed E-state index contributed by atoms with van der Waals surface area (Å²) in [4.78, 5) is 21.6. The van der Waals surface area contributed by atoms with Gasteiger partial charge in [-0.05, 0) is 43.2 Å². The third-order valence-electron chi connectivity index (χ3n) is 4.88. The van der Waals surface area contributed by atoms with E-state index in [1.54, 1.807) is 23.4 Å². The lowest BCUT2D eigenvalue weighted by Crippen LogP contribution is -2.40. The quantitative estimate of drug-likeness (QED) is 0.757. The third kappa shape index (κ3) is 3.15. The van der Waals surface area contributed by atoms with Gasteiger partial charge < -0.3 is 19.7 Å². The second-order valence-corrected chi connectivity index (χ2v) is 6.89. The summed E-state index contributed by atoms with van der Waals surface area (Å²) in [5, 5.41) is 10.8. The van der Waals surface area contributed by atoms with Crippen LogP contribution in [0.15, 0.2) is 48.8 Å². The van der Waals surface area contributed by atoms with Crippen LogP contribution < -0.4 is 4.74 Å². The molecule has 2 aromatic carbocycles. The van der Waals surface area contributed by atoms with E-state index in [1.807, 2.05) is 37.3 Å². The number of carbonyl (C=O) groups excluding carboxylic acids is 1. The molecule has 1 aliphatic rings. The van der Waals surface area contributed by atoms with Gasteiger partial charge in [-0.25, -0.2) is 4.98 Å². The van der Waals surface area contributed by atoms with Crippen LogP contribution in [-0.2, 0) is 0 Å². The van der Waals surface area contributed by atoms with Gasteiger partial charge in [0.05, 0.1) is 23.9 Å². The summed E-state index contributed by atoms with van der Waals surface area (Å²) in [7, 11) is 0. The Morgan fingerprint density at radius 1 is 1.35 bits per heavy atom. The molecular weight excluding hydrogens is 330 g/mol. The molecule has 1 unspecified atom stereocenters. The number of likely N-dealkylation sites (tertiary alicyclic amines) is 1. The van der Waals surface area contributed by atoms with E-state index in [0.717, 1.165) is 22.3 Å². The highest BCUT2D eigenvalue weighted by Gasteiger charge is 2.39. The van der Waals surface area contributed by atoms with Gasteiger partial charge in [0, 0.05) is 12.1 Å². The number of aromatic amines is 1. The van der Waals surface area contributed by atoms with Gasteiger partial charge in [0.25, 0.3) is 5.91 Å². The van der Waals surface area contributed by atoms with Crippen molar-refractivity contribution in [3.05, 3.63) is 59.9 Å². The van der Waals surface area contributed by atoms with Gasteiger partial charge in [-0.1, -0.05) is 18.2 Å². The molecule has 0 bridgehead atoms. The number of rotatable bonds is 4. The van der Waals surface area contributed by atoms with E-state index in [4.69, 9.17) is 4.74 Å². The molecule has 6 heteroatoms. The zero-order valence-corrected chi connectivity index (χ0v) is 14.6. The Kier molecular flexibility index (Phi) is 4.12. The number of hydrogen-bond donors (Lipinski definition) is 2. The second kappa shape index (κ2) is 6.46. The smallest absolute Gasteiger partial charge is 0.254 e. The number of amides is 1. The van der Waals surface area contributed by atoms with Crippen LogP contribution in [0.4, 0.5) is 0 Å². The van der Waals surface area contributed by atoms with Gasteiger partial charge in [-0.2, -0.15) is 0 Å². The van der Waals surface area contributed by atoms with E-state index < -0.39 is 5.60 Å². The maximum atomic E-state index is 12.8. The minimum atomic E-state index is -1.03. The van der Waals surface area contributed by atoms with E-state index in [0.29, 0.717) is 18.5 Å². The number of β-amino-alcohol motifs (C(OH)–C–C–N with tert-alkyl or cyclic N) is 1. The number of nitrogens with one attached hydrogen (secondary N) is 1. The molecule has 2 heterocycles. The number of aryl methyl sites for hydroxylation is 1. The van der Waals surface area contributed by atoms with Crippen molar-refractivity contribution in [1.82, 2.24) is 14.9 Å². The molecule has 26 heavy (non-hydrogen) atoms. The molecule has 6 nitrogen and oxygen atoms in total. The van der Waals surface area contributed by atoms with Crippen LogP contribution in [0.3, 0.4) is 0 Å². The average molecular weight is 351 g/mol. The minimum absolute atomic E-state index is 0.0895. The number of aromatic nitrogens is 2. The first-order valence-electron chi connectivity index (χ1n) is 8.67. The van der Waals surface area contributed by atoms with Crippen LogP contribution in [0.5, 0.6) is 5.75 Å². The Labute approximate surface area is 151 Å². The Morgan fingerprint density at radius 3 is 3.04 bits per heavy atom. The summed E-state index contributed by atoms with van der Waals surface area (Å²) >= 11 is 0. The number of imidazole rings is 1. The molecule has 0 saturated carbocycles. The lowest BCUT2D eigenvalue weighted by atomic mass is 10.1. The Balaban J connectivity index is 1.43. The number of hydrogen-bond acceptors (Lipinski definition) is 4. The number of aliphatic hydroxyl groups is 1. The number of ether oxygens (including phenoxy) is 1. The van der Waals surface area contributed by atoms with Crippen LogP contribution in [0.2, 0.25) is 0 Å². The van der Waals surface area contributed by atoms with Gasteiger partial charge in [-0.15, -0.1) is 0 Å². The molecule has 1 amide bonds. The van der Waals surface area contributed by atoms with E-state index in [2.05, 4.69) is 9.97 Å². The van der Waals surface area contributed by atoms with Crippen molar-refractivity contribution in [3.63, 3.8) is 0 Å². The molecule has 4 rings (SSSR count). The molecule has 1 fully saturated rings. The first-order chi connectivity index (χ1) is 12.5. The van der Waals surface area contributed by atoms with Crippen molar-refractivity contribution >= 4 is 16.9 Å². The largest absolute Gasteiger partial charge is 0.490 e. The number of H-pyrrole nitrogens is 1. The fraction of sp³-hybridized carbons (Fsp3) is 0.300. The summed E-state index contributed by atoms with van der Waals surface area (Å²) < 4.78 is 5.80. The lowest BCUT2D eigenvalue weighted by Gasteiger charge is -2.24. The van der Waals surface area contributed by atoms with E-state index in [1.165, 1.54) is 0 Å². The van der Waals surface area contributed by atoms with Crippen LogP contribution >= 0.6 is 0 Å². The van der Waals surface area contributed by atoms with Crippen molar-refractivity contribution in [2.24, 2.45) is 0 Å². The Bertz CT molecular complexity index is 952. The number of benzene rings is 2. The normalized spacial score (nSPS) is 19.8. The Hall–Kier alpha value is -2.86. The van der Waals surface area contributed by atoms with Gasteiger partial charge >= 0.3 is 0 Å².